The number of carbonyl (C=O) groups excluding carboxylic acids is 2. The Labute approximate surface area is 213 Å². The van der Waals surface area contributed by atoms with Crippen molar-refractivity contribution >= 4 is 58.0 Å². The molecule has 9 heteroatoms. The predicted octanol–water partition coefficient (Wildman–Crippen LogP) is 5.63. The Morgan fingerprint density at radius 1 is 0.853 bits per heavy atom. The van der Waals surface area contributed by atoms with Gasteiger partial charge in [-0.3, -0.25) is 9.59 Å². The normalized spacial score (nSPS) is 13.5. The van der Waals surface area contributed by atoms with E-state index in [1.54, 1.807) is 30.3 Å². The van der Waals surface area contributed by atoms with E-state index < -0.39 is 0 Å². The summed E-state index contributed by atoms with van der Waals surface area (Å²) in [5.41, 5.74) is 2.11. The van der Waals surface area contributed by atoms with Crippen molar-refractivity contribution in [2.75, 3.05) is 43.0 Å². The Hall–Kier alpha value is -2.93. The summed E-state index contributed by atoms with van der Waals surface area (Å²) in [7, 11) is 0. The highest BCUT2D eigenvalue weighted by Gasteiger charge is 2.23. The molecule has 34 heavy (non-hydrogen) atoms. The molecule has 1 N–H and O–H groups in total. The van der Waals surface area contributed by atoms with Crippen LogP contribution in [0.25, 0.3) is 0 Å². The zero-order valence-electron chi connectivity index (χ0n) is 18.1. The highest BCUT2D eigenvalue weighted by Crippen LogP contribution is 2.30. The van der Waals surface area contributed by atoms with Gasteiger partial charge in [0, 0.05) is 42.5 Å². The van der Waals surface area contributed by atoms with Gasteiger partial charge in [-0.1, -0.05) is 53.0 Å². The van der Waals surface area contributed by atoms with Crippen molar-refractivity contribution in [2.24, 2.45) is 0 Å². The highest BCUT2D eigenvalue weighted by atomic mass is 35.5. The van der Waals surface area contributed by atoms with Gasteiger partial charge in [0.1, 0.15) is 5.75 Å². The second-order valence-corrected chi connectivity index (χ2v) is 8.97. The van der Waals surface area contributed by atoms with Gasteiger partial charge in [0.05, 0.1) is 15.7 Å². The van der Waals surface area contributed by atoms with Gasteiger partial charge >= 0.3 is 0 Å². The molecule has 0 radical (unpaired) electrons. The van der Waals surface area contributed by atoms with E-state index in [1.165, 1.54) is 0 Å². The van der Waals surface area contributed by atoms with E-state index in [-0.39, 0.29) is 18.4 Å². The standard InChI is InChI=1S/C25H22Cl3N3O3/c26-18-6-9-23(21(28)14-18)34-16-24(32)29-19-7-8-22(20(27)15-19)30-10-12-31(13-11-30)25(33)17-4-2-1-3-5-17/h1-9,14-15H,10-13,16H2,(H,29,32). The van der Waals surface area contributed by atoms with E-state index >= 15 is 0 Å². The monoisotopic (exact) mass is 517 g/mol. The second kappa shape index (κ2) is 11.0. The molecule has 0 aliphatic carbocycles. The molecule has 1 saturated heterocycles. The summed E-state index contributed by atoms with van der Waals surface area (Å²) >= 11 is 18.4. The van der Waals surface area contributed by atoms with Gasteiger partial charge in [-0.05, 0) is 48.5 Å². The number of ether oxygens (including phenoxy) is 1. The van der Waals surface area contributed by atoms with Crippen molar-refractivity contribution in [3.8, 4) is 5.75 Å². The SMILES string of the molecule is O=C(COc1ccc(Cl)cc1Cl)Nc1ccc(N2CCN(C(=O)c3ccccc3)CC2)c(Cl)c1. The molecule has 0 aromatic heterocycles. The Kier molecular flexibility index (Phi) is 7.83. The van der Waals surface area contributed by atoms with Crippen molar-refractivity contribution in [1.29, 1.82) is 0 Å². The topological polar surface area (TPSA) is 61.9 Å². The Morgan fingerprint density at radius 2 is 1.59 bits per heavy atom. The Balaban J connectivity index is 1.31. The molecule has 2 amide bonds. The number of hydrogen-bond acceptors (Lipinski definition) is 4. The van der Waals surface area contributed by atoms with Crippen molar-refractivity contribution in [3.05, 3.63) is 87.4 Å². The minimum atomic E-state index is -0.345. The fourth-order valence-electron chi connectivity index (χ4n) is 3.69. The van der Waals surface area contributed by atoms with Crippen LogP contribution in [-0.2, 0) is 4.79 Å². The zero-order valence-corrected chi connectivity index (χ0v) is 20.4. The number of nitrogens with one attached hydrogen (secondary N) is 1. The van der Waals surface area contributed by atoms with Gasteiger partial charge in [-0.15, -0.1) is 0 Å². The van der Waals surface area contributed by atoms with Gasteiger partial charge in [0.15, 0.2) is 6.61 Å². The fourth-order valence-corrected chi connectivity index (χ4v) is 4.45. The molecule has 1 fully saturated rings. The van der Waals surface area contributed by atoms with Crippen LogP contribution in [0.1, 0.15) is 10.4 Å². The molecule has 4 rings (SSSR count). The number of nitrogens with zero attached hydrogens (tertiary/aromatic N) is 2. The lowest BCUT2D eigenvalue weighted by molar-refractivity contribution is -0.118. The van der Waals surface area contributed by atoms with Crippen LogP contribution >= 0.6 is 34.8 Å². The highest BCUT2D eigenvalue weighted by molar-refractivity contribution is 6.35. The van der Waals surface area contributed by atoms with E-state index in [2.05, 4.69) is 10.2 Å². The number of carbonyl (C=O) groups is 2. The first-order valence-electron chi connectivity index (χ1n) is 10.7. The van der Waals surface area contributed by atoms with Crippen LogP contribution in [0.15, 0.2) is 66.7 Å². The van der Waals surface area contributed by atoms with E-state index in [9.17, 15) is 9.59 Å². The minimum absolute atomic E-state index is 0.0338. The molecule has 6 nitrogen and oxygen atoms in total. The number of rotatable bonds is 6. The molecule has 0 spiro atoms. The van der Waals surface area contributed by atoms with Crippen LogP contribution in [0, 0.1) is 0 Å². The van der Waals surface area contributed by atoms with E-state index in [4.69, 9.17) is 39.5 Å². The molecule has 1 heterocycles. The summed E-state index contributed by atoms with van der Waals surface area (Å²) in [5.74, 6) is 0.0638. The Morgan fingerprint density at radius 3 is 2.26 bits per heavy atom. The molecule has 0 saturated carbocycles. The Bertz CT molecular complexity index is 1180. The third-order valence-electron chi connectivity index (χ3n) is 5.41. The van der Waals surface area contributed by atoms with Crippen LogP contribution in [0.2, 0.25) is 15.1 Å². The maximum Gasteiger partial charge on any atom is 0.262 e. The molecular weight excluding hydrogens is 497 g/mol. The first-order chi connectivity index (χ1) is 16.4. The van der Waals surface area contributed by atoms with Crippen molar-refractivity contribution in [2.45, 2.75) is 0 Å². The maximum atomic E-state index is 12.7. The van der Waals surface area contributed by atoms with Gasteiger partial charge in [0.2, 0.25) is 0 Å². The molecule has 0 bridgehead atoms. The van der Waals surface area contributed by atoms with Crippen molar-refractivity contribution in [3.63, 3.8) is 0 Å². The number of hydrogen-bond donors (Lipinski definition) is 1. The molecule has 1 aliphatic rings. The summed E-state index contributed by atoms with van der Waals surface area (Å²) in [6.45, 7) is 2.33. The first-order valence-corrected chi connectivity index (χ1v) is 11.8. The van der Waals surface area contributed by atoms with Gasteiger partial charge < -0.3 is 19.9 Å². The third-order valence-corrected chi connectivity index (χ3v) is 6.25. The van der Waals surface area contributed by atoms with Gasteiger partial charge in [0.25, 0.3) is 11.8 Å². The van der Waals surface area contributed by atoms with Crippen LogP contribution in [-0.4, -0.2) is 49.5 Å². The molecule has 0 unspecified atom stereocenters. The zero-order chi connectivity index (χ0) is 24.1. The quantitative estimate of drug-likeness (QED) is 0.460. The summed E-state index contributed by atoms with van der Waals surface area (Å²) in [6, 6.07) is 19.4. The van der Waals surface area contributed by atoms with E-state index in [1.807, 2.05) is 41.3 Å². The average molecular weight is 519 g/mol. The van der Waals surface area contributed by atoms with Crippen LogP contribution < -0.4 is 15.0 Å². The largest absolute Gasteiger partial charge is 0.482 e. The lowest BCUT2D eigenvalue weighted by atomic mass is 10.1. The lowest BCUT2D eigenvalue weighted by Gasteiger charge is -2.36. The maximum absolute atomic E-state index is 12.7. The minimum Gasteiger partial charge on any atom is -0.482 e. The van der Waals surface area contributed by atoms with Gasteiger partial charge in [-0.2, -0.15) is 0 Å². The van der Waals surface area contributed by atoms with E-state index in [0.717, 1.165) is 5.69 Å². The van der Waals surface area contributed by atoms with Crippen molar-refractivity contribution in [1.82, 2.24) is 4.90 Å². The van der Waals surface area contributed by atoms with Crippen molar-refractivity contribution < 1.29 is 14.3 Å². The predicted molar refractivity (Wildman–Crippen MR) is 137 cm³/mol. The number of amides is 2. The first kappa shape index (κ1) is 24.2. The van der Waals surface area contributed by atoms with Gasteiger partial charge in [-0.25, -0.2) is 0 Å². The molecule has 3 aromatic rings. The summed E-state index contributed by atoms with van der Waals surface area (Å²) in [5, 5.41) is 4.10. The number of benzene rings is 3. The number of piperazine rings is 1. The third kappa shape index (κ3) is 5.95. The number of halogens is 3. The van der Waals surface area contributed by atoms with Crippen LogP contribution in [0.5, 0.6) is 5.75 Å². The molecular formula is C25H22Cl3N3O3. The summed E-state index contributed by atoms with van der Waals surface area (Å²) in [6.07, 6.45) is 0. The molecule has 3 aromatic carbocycles. The average Bonchev–Trinajstić information content (AvgIpc) is 2.84. The lowest BCUT2D eigenvalue weighted by Crippen LogP contribution is -2.48. The van der Waals surface area contributed by atoms with Crippen LogP contribution in [0.4, 0.5) is 11.4 Å². The van der Waals surface area contributed by atoms with E-state index in [0.29, 0.717) is 58.2 Å². The smallest absolute Gasteiger partial charge is 0.262 e. The summed E-state index contributed by atoms with van der Waals surface area (Å²) < 4.78 is 5.46. The fraction of sp³-hybridized carbons (Fsp3) is 0.200. The number of anilines is 2. The molecule has 0 atom stereocenters. The second-order valence-electron chi connectivity index (χ2n) is 7.72. The molecule has 176 valence electrons. The summed E-state index contributed by atoms with van der Waals surface area (Å²) in [4.78, 5) is 28.9. The molecule has 1 aliphatic heterocycles. The van der Waals surface area contributed by atoms with Crippen LogP contribution in [0.3, 0.4) is 0 Å².